The van der Waals surface area contributed by atoms with Gasteiger partial charge in [0.1, 0.15) is 5.82 Å². The van der Waals surface area contributed by atoms with Crippen LogP contribution in [0.25, 0.3) is 0 Å². The molecule has 1 aromatic rings. The molecule has 0 heterocycles. The molecule has 1 unspecified atom stereocenters. The standard InChI is InChI=1S/C11H14ClFN2/c1-6(7-2-3-7)15-11-5-9(13)8(12)4-10(11)14/h4-7,15H,2-3,14H2,1H3. The van der Waals surface area contributed by atoms with Crippen LogP contribution in [0.3, 0.4) is 0 Å². The van der Waals surface area contributed by atoms with Crippen LogP contribution in [-0.2, 0) is 0 Å². The van der Waals surface area contributed by atoms with E-state index in [-0.39, 0.29) is 5.02 Å². The normalized spacial score (nSPS) is 17.5. The van der Waals surface area contributed by atoms with E-state index in [4.69, 9.17) is 17.3 Å². The van der Waals surface area contributed by atoms with Gasteiger partial charge < -0.3 is 11.1 Å². The molecule has 4 heteroatoms. The highest BCUT2D eigenvalue weighted by Crippen LogP contribution is 2.35. The number of nitrogens with one attached hydrogen (secondary N) is 1. The van der Waals surface area contributed by atoms with Gasteiger partial charge in [-0.3, -0.25) is 0 Å². The van der Waals surface area contributed by atoms with E-state index in [1.54, 1.807) is 0 Å². The number of nitrogen functional groups attached to an aromatic ring is 1. The van der Waals surface area contributed by atoms with Gasteiger partial charge in [-0.2, -0.15) is 0 Å². The van der Waals surface area contributed by atoms with Crippen molar-refractivity contribution in [2.45, 2.75) is 25.8 Å². The minimum atomic E-state index is -0.434. The predicted octanol–water partition coefficient (Wildman–Crippen LogP) is 3.27. The molecule has 2 rings (SSSR count). The molecule has 0 aliphatic heterocycles. The number of hydrogen-bond acceptors (Lipinski definition) is 2. The van der Waals surface area contributed by atoms with Gasteiger partial charge in [0.15, 0.2) is 0 Å². The Hall–Kier alpha value is -0.960. The maximum absolute atomic E-state index is 13.2. The van der Waals surface area contributed by atoms with Gasteiger partial charge in [-0.1, -0.05) is 11.6 Å². The van der Waals surface area contributed by atoms with Crippen LogP contribution in [0.2, 0.25) is 5.02 Å². The average Bonchev–Trinajstić information content (AvgIpc) is 2.97. The quantitative estimate of drug-likeness (QED) is 0.780. The first kappa shape index (κ1) is 10.6. The van der Waals surface area contributed by atoms with Gasteiger partial charge >= 0.3 is 0 Å². The molecule has 0 spiro atoms. The van der Waals surface area contributed by atoms with Crippen LogP contribution in [0, 0.1) is 11.7 Å². The van der Waals surface area contributed by atoms with Crippen molar-refractivity contribution in [2.75, 3.05) is 11.1 Å². The molecule has 0 aromatic heterocycles. The Bertz CT molecular complexity index is 377. The number of hydrogen-bond donors (Lipinski definition) is 2. The molecular weight excluding hydrogens is 215 g/mol. The Morgan fingerprint density at radius 2 is 2.20 bits per heavy atom. The number of nitrogens with two attached hydrogens (primary N) is 1. The van der Waals surface area contributed by atoms with Crippen molar-refractivity contribution < 1.29 is 4.39 Å². The van der Waals surface area contributed by atoms with Crippen LogP contribution >= 0.6 is 11.6 Å². The fraction of sp³-hybridized carbons (Fsp3) is 0.455. The number of halogens is 2. The zero-order valence-electron chi connectivity index (χ0n) is 8.56. The highest BCUT2D eigenvalue weighted by Gasteiger charge is 2.28. The second-order valence-corrected chi connectivity index (χ2v) is 4.53. The lowest BCUT2D eigenvalue weighted by Crippen LogP contribution is -2.18. The van der Waals surface area contributed by atoms with Gasteiger partial charge in [-0.15, -0.1) is 0 Å². The molecule has 0 bridgehead atoms. The summed E-state index contributed by atoms with van der Waals surface area (Å²) in [5, 5.41) is 3.28. The SMILES string of the molecule is CC(Nc1cc(F)c(Cl)cc1N)C1CC1. The second kappa shape index (κ2) is 3.89. The van der Waals surface area contributed by atoms with Gasteiger partial charge in [-0.05, 0) is 31.7 Å². The molecule has 2 nitrogen and oxygen atoms in total. The van der Waals surface area contributed by atoms with Crippen molar-refractivity contribution in [1.82, 2.24) is 0 Å². The third-order valence-electron chi connectivity index (χ3n) is 2.80. The fourth-order valence-electron chi connectivity index (χ4n) is 1.65. The van der Waals surface area contributed by atoms with Crippen LogP contribution in [0.5, 0.6) is 0 Å². The monoisotopic (exact) mass is 228 g/mol. The van der Waals surface area contributed by atoms with E-state index in [0.717, 1.165) is 0 Å². The Morgan fingerprint density at radius 1 is 1.53 bits per heavy atom. The van der Waals surface area contributed by atoms with Crippen molar-refractivity contribution in [3.05, 3.63) is 23.0 Å². The van der Waals surface area contributed by atoms with E-state index in [9.17, 15) is 4.39 Å². The fourth-order valence-corrected chi connectivity index (χ4v) is 1.82. The van der Waals surface area contributed by atoms with E-state index in [0.29, 0.717) is 23.3 Å². The summed E-state index contributed by atoms with van der Waals surface area (Å²) in [6.07, 6.45) is 2.48. The lowest BCUT2D eigenvalue weighted by molar-refractivity contribution is 0.627. The average molecular weight is 229 g/mol. The van der Waals surface area contributed by atoms with E-state index < -0.39 is 5.82 Å². The number of rotatable bonds is 3. The Balaban J connectivity index is 2.16. The topological polar surface area (TPSA) is 38.0 Å². The Labute approximate surface area is 93.6 Å². The van der Waals surface area contributed by atoms with Crippen LogP contribution in [0.1, 0.15) is 19.8 Å². The van der Waals surface area contributed by atoms with Crippen molar-refractivity contribution in [1.29, 1.82) is 0 Å². The van der Waals surface area contributed by atoms with E-state index in [2.05, 4.69) is 12.2 Å². The van der Waals surface area contributed by atoms with Gasteiger partial charge in [-0.25, -0.2) is 4.39 Å². The second-order valence-electron chi connectivity index (χ2n) is 4.12. The van der Waals surface area contributed by atoms with Gasteiger partial charge in [0.2, 0.25) is 0 Å². The molecule has 1 atom stereocenters. The maximum Gasteiger partial charge on any atom is 0.143 e. The lowest BCUT2D eigenvalue weighted by Gasteiger charge is -2.16. The molecule has 1 aromatic carbocycles. The molecule has 0 radical (unpaired) electrons. The molecule has 82 valence electrons. The smallest absolute Gasteiger partial charge is 0.143 e. The highest BCUT2D eigenvalue weighted by atomic mass is 35.5. The Morgan fingerprint density at radius 3 is 2.80 bits per heavy atom. The van der Waals surface area contributed by atoms with Crippen molar-refractivity contribution in [3.8, 4) is 0 Å². The van der Waals surface area contributed by atoms with Crippen LogP contribution in [-0.4, -0.2) is 6.04 Å². The molecule has 1 aliphatic carbocycles. The first-order valence-corrected chi connectivity index (χ1v) is 5.47. The van der Waals surface area contributed by atoms with Crippen LogP contribution < -0.4 is 11.1 Å². The minimum absolute atomic E-state index is 0.0668. The maximum atomic E-state index is 13.2. The minimum Gasteiger partial charge on any atom is -0.397 e. The van der Waals surface area contributed by atoms with Gasteiger partial charge in [0, 0.05) is 12.1 Å². The molecular formula is C11H14ClFN2. The van der Waals surface area contributed by atoms with Crippen molar-refractivity contribution in [3.63, 3.8) is 0 Å². The summed E-state index contributed by atoms with van der Waals surface area (Å²) in [7, 11) is 0. The summed E-state index contributed by atoms with van der Waals surface area (Å²) in [6.45, 7) is 2.09. The van der Waals surface area contributed by atoms with E-state index in [1.807, 2.05) is 0 Å². The first-order chi connectivity index (χ1) is 7.08. The van der Waals surface area contributed by atoms with Crippen LogP contribution in [0.4, 0.5) is 15.8 Å². The molecule has 3 N–H and O–H groups in total. The third kappa shape index (κ3) is 2.34. The molecule has 15 heavy (non-hydrogen) atoms. The third-order valence-corrected chi connectivity index (χ3v) is 3.09. The molecule has 1 fully saturated rings. The molecule has 0 amide bonds. The summed E-state index contributed by atoms with van der Waals surface area (Å²) >= 11 is 5.61. The summed E-state index contributed by atoms with van der Waals surface area (Å²) in [6, 6.07) is 3.14. The van der Waals surface area contributed by atoms with Crippen molar-refractivity contribution in [2.24, 2.45) is 5.92 Å². The first-order valence-electron chi connectivity index (χ1n) is 5.09. The molecule has 0 saturated heterocycles. The number of benzene rings is 1. The largest absolute Gasteiger partial charge is 0.397 e. The Kier molecular flexibility index (Phi) is 2.74. The zero-order chi connectivity index (χ0) is 11.0. The summed E-state index contributed by atoms with van der Waals surface area (Å²) in [5.74, 6) is 0.263. The predicted molar refractivity (Wildman–Crippen MR) is 61.6 cm³/mol. The van der Waals surface area contributed by atoms with E-state index >= 15 is 0 Å². The van der Waals surface area contributed by atoms with Gasteiger partial charge in [0.25, 0.3) is 0 Å². The molecule has 1 aliphatic rings. The number of anilines is 2. The summed E-state index contributed by atoms with van der Waals surface area (Å²) < 4.78 is 13.2. The lowest BCUT2D eigenvalue weighted by atomic mass is 10.2. The van der Waals surface area contributed by atoms with E-state index in [1.165, 1.54) is 25.0 Å². The van der Waals surface area contributed by atoms with Gasteiger partial charge in [0.05, 0.1) is 16.4 Å². The summed E-state index contributed by atoms with van der Waals surface area (Å²) in [4.78, 5) is 0. The summed E-state index contributed by atoms with van der Waals surface area (Å²) in [5.41, 5.74) is 6.88. The van der Waals surface area contributed by atoms with Crippen molar-refractivity contribution >= 4 is 23.0 Å². The zero-order valence-corrected chi connectivity index (χ0v) is 9.31. The highest BCUT2D eigenvalue weighted by molar-refractivity contribution is 6.31. The van der Waals surface area contributed by atoms with Crippen LogP contribution in [0.15, 0.2) is 12.1 Å². The molecule has 1 saturated carbocycles.